The topological polar surface area (TPSA) is 63.4 Å². The number of primary amides is 1. The molecule has 126 valence electrons. The summed E-state index contributed by atoms with van der Waals surface area (Å²) >= 11 is 1.54. The lowest BCUT2D eigenvalue weighted by Crippen LogP contribution is -2.44. The molecule has 1 aromatic rings. The Morgan fingerprint density at radius 1 is 1.26 bits per heavy atom. The lowest BCUT2D eigenvalue weighted by molar-refractivity contribution is -0.132. The predicted octanol–water partition coefficient (Wildman–Crippen LogP) is 2.80. The van der Waals surface area contributed by atoms with Crippen LogP contribution < -0.4 is 5.73 Å². The van der Waals surface area contributed by atoms with Crippen LogP contribution in [0.4, 0.5) is 0 Å². The summed E-state index contributed by atoms with van der Waals surface area (Å²) in [4.78, 5) is 26.5. The van der Waals surface area contributed by atoms with Gasteiger partial charge in [-0.2, -0.15) is 0 Å². The van der Waals surface area contributed by atoms with E-state index < -0.39 is 0 Å². The molecule has 1 atom stereocenters. The summed E-state index contributed by atoms with van der Waals surface area (Å²) in [5, 5.41) is 0. The van der Waals surface area contributed by atoms with E-state index >= 15 is 0 Å². The Hall–Kier alpha value is -1.49. The number of carbonyl (C=O) groups excluding carboxylic acids is 2. The molecular formula is C18H26N2O2S. The SMILES string of the molecule is CC(C)(C)c1ccc(SCC(=O)N2CCCC(C(N)=O)C2)cc1. The highest BCUT2D eigenvalue weighted by Gasteiger charge is 2.26. The largest absolute Gasteiger partial charge is 0.369 e. The van der Waals surface area contributed by atoms with E-state index in [1.54, 1.807) is 16.7 Å². The van der Waals surface area contributed by atoms with Crippen LogP contribution in [0, 0.1) is 5.92 Å². The number of nitrogens with zero attached hydrogens (tertiary/aromatic N) is 1. The fourth-order valence-corrected chi connectivity index (χ4v) is 3.52. The van der Waals surface area contributed by atoms with E-state index in [-0.39, 0.29) is 23.1 Å². The Labute approximate surface area is 142 Å². The van der Waals surface area contributed by atoms with Gasteiger partial charge in [-0.15, -0.1) is 11.8 Å². The number of hydrogen-bond donors (Lipinski definition) is 1. The Bertz CT molecular complexity index is 563. The summed E-state index contributed by atoms with van der Waals surface area (Å²) in [6.45, 7) is 7.75. The van der Waals surface area contributed by atoms with Gasteiger partial charge in [-0.25, -0.2) is 0 Å². The summed E-state index contributed by atoms with van der Waals surface area (Å²) in [6.07, 6.45) is 1.64. The van der Waals surface area contributed by atoms with Gasteiger partial charge in [-0.05, 0) is 36.0 Å². The molecular weight excluding hydrogens is 308 g/mol. The molecule has 2 rings (SSSR count). The smallest absolute Gasteiger partial charge is 0.232 e. The lowest BCUT2D eigenvalue weighted by Gasteiger charge is -2.31. The molecule has 1 aliphatic heterocycles. The van der Waals surface area contributed by atoms with Crippen molar-refractivity contribution in [3.63, 3.8) is 0 Å². The quantitative estimate of drug-likeness (QED) is 0.861. The molecule has 0 spiro atoms. The number of hydrogen-bond acceptors (Lipinski definition) is 3. The van der Waals surface area contributed by atoms with Crippen LogP contribution in [0.25, 0.3) is 0 Å². The molecule has 0 aromatic heterocycles. The Balaban J connectivity index is 1.88. The maximum atomic E-state index is 12.3. The third-order valence-corrected chi connectivity index (χ3v) is 5.26. The van der Waals surface area contributed by atoms with Crippen LogP contribution in [0.2, 0.25) is 0 Å². The third kappa shape index (κ3) is 4.99. The molecule has 1 aliphatic rings. The number of carbonyl (C=O) groups is 2. The van der Waals surface area contributed by atoms with Gasteiger partial charge >= 0.3 is 0 Å². The fraction of sp³-hybridized carbons (Fsp3) is 0.556. The molecule has 1 unspecified atom stereocenters. The minimum absolute atomic E-state index is 0.0841. The maximum absolute atomic E-state index is 12.3. The van der Waals surface area contributed by atoms with E-state index in [4.69, 9.17) is 5.73 Å². The van der Waals surface area contributed by atoms with Crippen LogP contribution in [0.15, 0.2) is 29.2 Å². The van der Waals surface area contributed by atoms with Crippen LogP contribution in [-0.4, -0.2) is 35.6 Å². The van der Waals surface area contributed by atoms with Gasteiger partial charge in [0.2, 0.25) is 11.8 Å². The molecule has 4 nitrogen and oxygen atoms in total. The first-order valence-electron chi connectivity index (χ1n) is 8.08. The van der Waals surface area contributed by atoms with E-state index in [9.17, 15) is 9.59 Å². The highest BCUT2D eigenvalue weighted by molar-refractivity contribution is 8.00. The molecule has 1 heterocycles. The third-order valence-electron chi connectivity index (χ3n) is 4.26. The Morgan fingerprint density at radius 3 is 2.48 bits per heavy atom. The van der Waals surface area contributed by atoms with Gasteiger partial charge in [0.05, 0.1) is 11.7 Å². The number of likely N-dealkylation sites (tertiary alicyclic amines) is 1. The first-order valence-corrected chi connectivity index (χ1v) is 9.06. The average Bonchev–Trinajstić information content (AvgIpc) is 2.52. The van der Waals surface area contributed by atoms with Crippen molar-refractivity contribution in [3.8, 4) is 0 Å². The van der Waals surface area contributed by atoms with Gasteiger partial charge in [0.1, 0.15) is 0 Å². The van der Waals surface area contributed by atoms with Crippen LogP contribution >= 0.6 is 11.8 Å². The van der Waals surface area contributed by atoms with Crippen molar-refractivity contribution < 1.29 is 9.59 Å². The monoisotopic (exact) mass is 334 g/mol. The van der Waals surface area contributed by atoms with Crippen molar-refractivity contribution >= 4 is 23.6 Å². The molecule has 0 aliphatic carbocycles. The molecule has 2 amide bonds. The van der Waals surface area contributed by atoms with Gasteiger partial charge in [-0.3, -0.25) is 9.59 Å². The molecule has 5 heteroatoms. The van der Waals surface area contributed by atoms with E-state index in [1.807, 2.05) is 0 Å². The number of nitrogens with two attached hydrogens (primary N) is 1. The standard InChI is InChI=1S/C18H26N2O2S/c1-18(2,3)14-6-8-15(9-7-14)23-12-16(21)20-10-4-5-13(11-20)17(19)22/h6-9,13H,4-5,10-12H2,1-3H3,(H2,19,22). The first kappa shape index (κ1) is 17.9. The summed E-state index contributed by atoms with van der Waals surface area (Å²) in [5.41, 5.74) is 6.78. The minimum Gasteiger partial charge on any atom is -0.369 e. The summed E-state index contributed by atoms with van der Waals surface area (Å²) in [6, 6.07) is 8.38. The number of amides is 2. The predicted molar refractivity (Wildman–Crippen MR) is 94.4 cm³/mol. The van der Waals surface area contributed by atoms with E-state index in [1.165, 1.54) is 5.56 Å². The molecule has 0 saturated carbocycles. The molecule has 2 N–H and O–H groups in total. The van der Waals surface area contributed by atoms with E-state index in [2.05, 4.69) is 45.0 Å². The summed E-state index contributed by atoms with van der Waals surface area (Å²) in [7, 11) is 0. The van der Waals surface area contributed by atoms with Crippen molar-refractivity contribution in [2.45, 2.75) is 43.9 Å². The van der Waals surface area contributed by atoms with Gasteiger partial charge in [-0.1, -0.05) is 32.9 Å². The average molecular weight is 334 g/mol. The van der Waals surface area contributed by atoms with Crippen molar-refractivity contribution in [3.05, 3.63) is 29.8 Å². The van der Waals surface area contributed by atoms with E-state index in [0.29, 0.717) is 12.3 Å². The fourth-order valence-electron chi connectivity index (χ4n) is 2.72. The Kier molecular flexibility index (Phi) is 5.74. The molecule has 0 bridgehead atoms. The minimum atomic E-state index is -0.298. The number of piperidine rings is 1. The lowest BCUT2D eigenvalue weighted by atomic mass is 9.87. The summed E-state index contributed by atoms with van der Waals surface area (Å²) < 4.78 is 0. The van der Waals surface area contributed by atoms with E-state index in [0.717, 1.165) is 24.3 Å². The number of rotatable bonds is 4. The zero-order chi connectivity index (χ0) is 17.0. The van der Waals surface area contributed by atoms with Gasteiger partial charge < -0.3 is 10.6 Å². The van der Waals surface area contributed by atoms with Gasteiger partial charge in [0.25, 0.3) is 0 Å². The highest BCUT2D eigenvalue weighted by Crippen LogP contribution is 2.26. The summed E-state index contributed by atoms with van der Waals surface area (Å²) in [5.74, 6) is -0.00193. The number of benzene rings is 1. The maximum Gasteiger partial charge on any atom is 0.232 e. The highest BCUT2D eigenvalue weighted by atomic mass is 32.2. The molecule has 1 fully saturated rings. The van der Waals surface area contributed by atoms with Gasteiger partial charge in [0, 0.05) is 18.0 Å². The molecule has 0 radical (unpaired) electrons. The Morgan fingerprint density at radius 2 is 1.91 bits per heavy atom. The first-order chi connectivity index (χ1) is 10.8. The normalized spacial score (nSPS) is 18.7. The molecule has 1 saturated heterocycles. The zero-order valence-corrected chi connectivity index (χ0v) is 15.0. The zero-order valence-electron chi connectivity index (χ0n) is 14.2. The molecule has 23 heavy (non-hydrogen) atoms. The van der Waals surface area contributed by atoms with Crippen molar-refractivity contribution in [2.75, 3.05) is 18.8 Å². The van der Waals surface area contributed by atoms with Crippen molar-refractivity contribution in [2.24, 2.45) is 11.7 Å². The number of thioether (sulfide) groups is 1. The van der Waals surface area contributed by atoms with Crippen molar-refractivity contribution in [1.29, 1.82) is 0 Å². The van der Waals surface area contributed by atoms with Crippen LogP contribution in [0.1, 0.15) is 39.2 Å². The van der Waals surface area contributed by atoms with Crippen LogP contribution in [0.3, 0.4) is 0 Å². The molecule has 1 aromatic carbocycles. The second-order valence-corrected chi connectivity index (χ2v) is 8.19. The van der Waals surface area contributed by atoms with Crippen LogP contribution in [-0.2, 0) is 15.0 Å². The van der Waals surface area contributed by atoms with Crippen LogP contribution in [0.5, 0.6) is 0 Å². The van der Waals surface area contributed by atoms with Crippen molar-refractivity contribution in [1.82, 2.24) is 4.90 Å². The second-order valence-electron chi connectivity index (χ2n) is 7.14. The second kappa shape index (κ2) is 7.39. The van der Waals surface area contributed by atoms with Gasteiger partial charge in [0.15, 0.2) is 0 Å².